The minimum atomic E-state index is -0.606. The lowest BCUT2D eigenvalue weighted by Crippen LogP contribution is -2.59. The van der Waals surface area contributed by atoms with Gasteiger partial charge in [-0.15, -0.1) is 12.4 Å². The van der Waals surface area contributed by atoms with Crippen molar-refractivity contribution in [3.05, 3.63) is 58.9 Å². The normalized spacial score (nSPS) is 21.8. The Labute approximate surface area is 206 Å². The van der Waals surface area contributed by atoms with E-state index >= 15 is 0 Å². The van der Waals surface area contributed by atoms with Crippen molar-refractivity contribution in [2.24, 2.45) is 0 Å². The van der Waals surface area contributed by atoms with Gasteiger partial charge in [-0.25, -0.2) is 8.78 Å². The molecule has 2 aromatic rings. The molecule has 1 aromatic heterocycles. The van der Waals surface area contributed by atoms with Gasteiger partial charge in [-0.1, -0.05) is 19.9 Å². The molecule has 34 heavy (non-hydrogen) atoms. The SMILES string of the molecule is COC[C@H]1CN[C@H](C)CN1CC(=O)N1CC(C)(C)c2cnc(Cc3ccc(F)cc3F)cc21.Cl. The number of hydrogen-bond acceptors (Lipinski definition) is 5. The van der Waals surface area contributed by atoms with Crippen LogP contribution in [0.4, 0.5) is 14.5 Å². The van der Waals surface area contributed by atoms with Crippen LogP contribution >= 0.6 is 12.4 Å². The van der Waals surface area contributed by atoms with Crippen molar-refractivity contribution in [2.45, 2.75) is 44.7 Å². The van der Waals surface area contributed by atoms with E-state index in [0.29, 0.717) is 37.0 Å². The van der Waals surface area contributed by atoms with Gasteiger partial charge in [0.1, 0.15) is 11.6 Å². The standard InChI is InChI=1S/C25H32F2N4O2.ClH/c1-16-12-30(20(10-28-16)14-33-4)13-24(32)31-15-25(2,3)21-11-29-19(9-23(21)31)7-17-5-6-18(26)8-22(17)27;/h5-6,8-9,11,16,20,28H,7,10,12-15H2,1-4H3;1H/t16-,20-;/m1./s1. The molecule has 6 nitrogen and oxygen atoms in total. The smallest absolute Gasteiger partial charge is 0.241 e. The van der Waals surface area contributed by atoms with E-state index in [0.717, 1.165) is 30.4 Å². The first kappa shape index (κ1) is 26.5. The minimum absolute atomic E-state index is 0. The van der Waals surface area contributed by atoms with E-state index in [9.17, 15) is 13.6 Å². The number of anilines is 1. The number of pyridine rings is 1. The predicted molar refractivity (Wildman–Crippen MR) is 131 cm³/mol. The van der Waals surface area contributed by atoms with E-state index in [-0.39, 0.29) is 36.2 Å². The maximum Gasteiger partial charge on any atom is 0.241 e. The summed E-state index contributed by atoms with van der Waals surface area (Å²) >= 11 is 0. The Morgan fingerprint density at radius 2 is 2.06 bits per heavy atom. The van der Waals surface area contributed by atoms with Crippen LogP contribution in [0.15, 0.2) is 30.5 Å². The topological polar surface area (TPSA) is 57.7 Å². The number of methoxy groups -OCH3 is 1. The third-order valence-corrected chi connectivity index (χ3v) is 6.62. The lowest BCUT2D eigenvalue weighted by atomic mass is 9.88. The molecular formula is C25H33ClF2N4O2. The number of fused-ring (bicyclic) bond motifs is 1. The zero-order chi connectivity index (χ0) is 23.8. The number of amides is 1. The van der Waals surface area contributed by atoms with Gasteiger partial charge in [-0.2, -0.15) is 0 Å². The Morgan fingerprint density at radius 1 is 1.29 bits per heavy atom. The molecule has 3 heterocycles. The van der Waals surface area contributed by atoms with E-state index in [1.54, 1.807) is 13.3 Å². The molecule has 1 amide bonds. The molecule has 2 aliphatic heterocycles. The Balaban J connectivity index is 0.00000324. The number of aromatic nitrogens is 1. The van der Waals surface area contributed by atoms with Crippen molar-refractivity contribution in [3.63, 3.8) is 0 Å². The second kappa shape index (κ2) is 10.6. The first-order chi connectivity index (χ1) is 15.7. The first-order valence-corrected chi connectivity index (χ1v) is 11.4. The molecule has 0 spiro atoms. The summed E-state index contributed by atoms with van der Waals surface area (Å²) in [4.78, 5) is 22.0. The molecule has 0 aliphatic carbocycles. The van der Waals surface area contributed by atoms with E-state index in [1.807, 2.05) is 11.0 Å². The highest BCUT2D eigenvalue weighted by Gasteiger charge is 2.39. The zero-order valence-electron chi connectivity index (χ0n) is 20.1. The summed E-state index contributed by atoms with van der Waals surface area (Å²) in [5.74, 6) is -1.17. The number of hydrogen-bond donors (Lipinski definition) is 1. The molecule has 2 aliphatic rings. The molecule has 0 saturated carbocycles. The summed E-state index contributed by atoms with van der Waals surface area (Å²) in [7, 11) is 1.68. The molecule has 1 N–H and O–H groups in total. The van der Waals surface area contributed by atoms with E-state index in [4.69, 9.17) is 4.74 Å². The molecular weight excluding hydrogens is 462 g/mol. The second-order valence-corrected chi connectivity index (χ2v) is 9.82. The van der Waals surface area contributed by atoms with Crippen LogP contribution in [0, 0.1) is 11.6 Å². The van der Waals surface area contributed by atoms with Gasteiger partial charge in [0, 0.05) is 74.2 Å². The maximum absolute atomic E-state index is 14.2. The molecule has 4 rings (SSSR count). The van der Waals surface area contributed by atoms with Crippen molar-refractivity contribution in [3.8, 4) is 0 Å². The number of nitrogens with one attached hydrogen (secondary N) is 1. The summed E-state index contributed by atoms with van der Waals surface area (Å²) in [6, 6.07) is 5.88. The fourth-order valence-corrected chi connectivity index (χ4v) is 4.82. The van der Waals surface area contributed by atoms with Gasteiger partial charge in [0.25, 0.3) is 0 Å². The van der Waals surface area contributed by atoms with Gasteiger partial charge in [-0.05, 0) is 24.6 Å². The van der Waals surface area contributed by atoms with Gasteiger partial charge in [0.15, 0.2) is 0 Å². The number of carbonyl (C=O) groups excluding carboxylic acids is 1. The van der Waals surface area contributed by atoms with Crippen LogP contribution in [0.5, 0.6) is 0 Å². The number of rotatable bonds is 6. The van der Waals surface area contributed by atoms with E-state index in [1.165, 1.54) is 12.1 Å². The Hall–Kier alpha value is -2.13. The molecule has 1 fully saturated rings. The molecule has 0 bridgehead atoms. The second-order valence-electron chi connectivity index (χ2n) is 9.82. The monoisotopic (exact) mass is 494 g/mol. The van der Waals surface area contributed by atoms with Crippen LogP contribution in [0.2, 0.25) is 0 Å². The third-order valence-electron chi connectivity index (χ3n) is 6.62. The van der Waals surface area contributed by atoms with Crippen molar-refractivity contribution in [1.82, 2.24) is 15.2 Å². The average Bonchev–Trinajstić information content (AvgIpc) is 3.03. The van der Waals surface area contributed by atoms with E-state index in [2.05, 4.69) is 36.0 Å². The molecule has 2 atom stereocenters. The minimum Gasteiger partial charge on any atom is -0.383 e. The number of benzene rings is 1. The number of nitrogens with zero attached hydrogens (tertiary/aromatic N) is 3. The summed E-state index contributed by atoms with van der Waals surface area (Å²) in [6.45, 7) is 9.29. The van der Waals surface area contributed by atoms with Crippen LogP contribution in [0.3, 0.4) is 0 Å². The van der Waals surface area contributed by atoms with Crippen molar-refractivity contribution in [2.75, 3.05) is 44.8 Å². The molecule has 0 radical (unpaired) electrons. The number of carbonyl (C=O) groups is 1. The van der Waals surface area contributed by atoms with E-state index < -0.39 is 11.6 Å². The summed E-state index contributed by atoms with van der Waals surface area (Å²) in [5, 5.41) is 3.45. The van der Waals surface area contributed by atoms with Crippen LogP contribution < -0.4 is 10.2 Å². The highest BCUT2D eigenvalue weighted by Crippen LogP contribution is 2.40. The third kappa shape index (κ3) is 5.57. The highest BCUT2D eigenvalue weighted by atomic mass is 35.5. The Bertz CT molecular complexity index is 1040. The van der Waals surface area contributed by atoms with Crippen molar-refractivity contribution < 1.29 is 18.3 Å². The zero-order valence-corrected chi connectivity index (χ0v) is 20.9. The van der Waals surface area contributed by atoms with Crippen molar-refractivity contribution in [1.29, 1.82) is 0 Å². The van der Waals surface area contributed by atoms with Gasteiger partial charge in [-0.3, -0.25) is 14.7 Å². The van der Waals surface area contributed by atoms with Crippen molar-refractivity contribution >= 4 is 24.0 Å². The summed E-state index contributed by atoms with van der Waals surface area (Å²) in [6.07, 6.45) is 2.02. The van der Waals surface area contributed by atoms with Gasteiger partial charge >= 0.3 is 0 Å². The highest BCUT2D eigenvalue weighted by molar-refractivity contribution is 5.97. The fourth-order valence-electron chi connectivity index (χ4n) is 4.82. The Morgan fingerprint density at radius 3 is 2.76 bits per heavy atom. The van der Waals surface area contributed by atoms with Gasteiger partial charge in [0.05, 0.1) is 18.8 Å². The molecule has 9 heteroatoms. The summed E-state index contributed by atoms with van der Waals surface area (Å²) in [5.41, 5.74) is 2.60. The number of ether oxygens (including phenoxy) is 1. The molecule has 1 aromatic carbocycles. The number of piperazine rings is 1. The van der Waals surface area contributed by atoms with Crippen LogP contribution in [0.25, 0.3) is 0 Å². The molecule has 1 saturated heterocycles. The predicted octanol–water partition coefficient (Wildman–Crippen LogP) is 3.31. The molecule has 186 valence electrons. The lowest BCUT2D eigenvalue weighted by Gasteiger charge is -2.39. The fraction of sp³-hybridized carbons (Fsp3) is 0.520. The maximum atomic E-state index is 14.2. The summed E-state index contributed by atoms with van der Waals surface area (Å²) < 4.78 is 32.8. The van der Waals surface area contributed by atoms with Crippen LogP contribution in [-0.4, -0.2) is 67.8 Å². The van der Waals surface area contributed by atoms with Gasteiger partial charge < -0.3 is 15.0 Å². The molecule has 0 unspecified atom stereocenters. The van der Waals surface area contributed by atoms with Crippen LogP contribution in [-0.2, 0) is 21.4 Å². The lowest BCUT2D eigenvalue weighted by molar-refractivity contribution is -0.121. The largest absolute Gasteiger partial charge is 0.383 e. The van der Waals surface area contributed by atoms with Gasteiger partial charge in [0.2, 0.25) is 5.91 Å². The first-order valence-electron chi connectivity index (χ1n) is 11.4. The number of halogens is 3. The van der Waals surface area contributed by atoms with Crippen LogP contribution in [0.1, 0.15) is 37.6 Å². The Kier molecular flexibility index (Phi) is 8.29. The quantitative estimate of drug-likeness (QED) is 0.667. The average molecular weight is 495 g/mol.